The van der Waals surface area contributed by atoms with Crippen LogP contribution in [-0.4, -0.2) is 13.0 Å². The Morgan fingerprint density at radius 3 is 2.41 bits per heavy atom. The van der Waals surface area contributed by atoms with E-state index in [1.165, 1.54) is 11.1 Å². The van der Waals surface area contributed by atoms with Crippen molar-refractivity contribution in [3.05, 3.63) is 29.3 Å². The predicted octanol–water partition coefficient (Wildman–Crippen LogP) is 4.73. The van der Waals surface area contributed by atoms with E-state index >= 15 is 0 Å². The number of benzene rings is 1. The lowest BCUT2D eigenvalue weighted by Crippen LogP contribution is -2.13. The molecule has 0 aliphatic rings. The van der Waals surface area contributed by atoms with Gasteiger partial charge in [0.2, 0.25) is 0 Å². The van der Waals surface area contributed by atoms with E-state index in [0.717, 1.165) is 12.2 Å². The minimum absolute atomic E-state index is 0.0992. The van der Waals surface area contributed by atoms with Crippen molar-refractivity contribution in [2.24, 2.45) is 0 Å². The van der Waals surface area contributed by atoms with Gasteiger partial charge in [-0.3, -0.25) is 0 Å². The lowest BCUT2D eigenvalue weighted by molar-refractivity contribution is 0.397. The first-order valence-corrected chi connectivity index (χ1v) is 6.68. The Bertz CT molecular complexity index is 366. The van der Waals surface area contributed by atoms with Crippen molar-refractivity contribution in [1.82, 2.24) is 0 Å². The summed E-state index contributed by atoms with van der Waals surface area (Å²) in [6, 6.07) is 6.47. The van der Waals surface area contributed by atoms with Crippen LogP contribution in [-0.2, 0) is 5.41 Å². The van der Waals surface area contributed by atoms with E-state index in [4.69, 9.17) is 16.3 Å². The Hall–Kier alpha value is -0.690. The summed E-state index contributed by atoms with van der Waals surface area (Å²) >= 11 is 5.81. The highest BCUT2D eigenvalue weighted by molar-refractivity contribution is 6.17. The van der Waals surface area contributed by atoms with Gasteiger partial charge in [0.25, 0.3) is 0 Å². The highest BCUT2D eigenvalue weighted by Crippen LogP contribution is 2.34. The number of hydrogen-bond donors (Lipinski definition) is 0. The molecule has 0 saturated carbocycles. The molecule has 1 rings (SSSR count). The van der Waals surface area contributed by atoms with E-state index in [1.807, 2.05) is 0 Å². The van der Waals surface area contributed by atoms with Gasteiger partial charge in [-0.15, -0.1) is 11.6 Å². The Labute approximate surface area is 110 Å². The van der Waals surface area contributed by atoms with Gasteiger partial charge in [0.05, 0.1) is 7.11 Å². The molecule has 96 valence electrons. The van der Waals surface area contributed by atoms with Gasteiger partial charge in [-0.25, -0.2) is 0 Å². The van der Waals surface area contributed by atoms with Gasteiger partial charge < -0.3 is 4.74 Å². The van der Waals surface area contributed by atoms with Crippen LogP contribution >= 0.6 is 11.6 Å². The molecule has 1 unspecified atom stereocenters. The number of alkyl halides is 1. The molecular formula is C15H23ClO. The van der Waals surface area contributed by atoms with Crippen LogP contribution in [0.1, 0.15) is 51.2 Å². The molecule has 0 aromatic heterocycles. The summed E-state index contributed by atoms with van der Waals surface area (Å²) in [5, 5.41) is 0. The summed E-state index contributed by atoms with van der Waals surface area (Å²) in [6.07, 6.45) is 1.01. The van der Waals surface area contributed by atoms with E-state index in [2.05, 4.69) is 45.9 Å². The minimum atomic E-state index is 0.0992. The first kappa shape index (κ1) is 14.4. The molecule has 0 heterocycles. The molecule has 0 radical (unpaired) electrons. The number of ether oxygens (including phenoxy) is 1. The van der Waals surface area contributed by atoms with Crippen molar-refractivity contribution in [1.29, 1.82) is 0 Å². The Morgan fingerprint density at radius 1 is 1.29 bits per heavy atom. The van der Waals surface area contributed by atoms with Crippen LogP contribution in [0.5, 0.6) is 5.75 Å². The molecule has 1 atom stereocenters. The van der Waals surface area contributed by atoms with E-state index in [9.17, 15) is 0 Å². The van der Waals surface area contributed by atoms with Gasteiger partial charge in [-0.2, -0.15) is 0 Å². The fourth-order valence-electron chi connectivity index (χ4n) is 1.95. The normalized spacial score (nSPS) is 13.5. The van der Waals surface area contributed by atoms with Crippen LogP contribution in [0.15, 0.2) is 18.2 Å². The maximum absolute atomic E-state index is 5.81. The number of halogens is 1. The first-order valence-electron chi connectivity index (χ1n) is 6.14. The number of hydrogen-bond acceptors (Lipinski definition) is 1. The molecule has 1 aromatic rings. The van der Waals surface area contributed by atoms with Crippen molar-refractivity contribution in [3.63, 3.8) is 0 Å². The Balaban J connectivity index is 3.13. The number of rotatable bonds is 4. The molecule has 0 saturated heterocycles. The van der Waals surface area contributed by atoms with Crippen LogP contribution < -0.4 is 4.74 Å². The number of methoxy groups -OCH3 is 1. The van der Waals surface area contributed by atoms with Gasteiger partial charge >= 0.3 is 0 Å². The molecule has 2 heteroatoms. The first-order chi connectivity index (χ1) is 7.90. The molecule has 1 aromatic carbocycles. The summed E-state index contributed by atoms with van der Waals surface area (Å²) in [7, 11) is 1.73. The molecule has 17 heavy (non-hydrogen) atoms. The summed E-state index contributed by atoms with van der Waals surface area (Å²) in [5.41, 5.74) is 2.71. The third-order valence-electron chi connectivity index (χ3n) is 3.14. The molecular weight excluding hydrogens is 232 g/mol. The van der Waals surface area contributed by atoms with E-state index in [1.54, 1.807) is 7.11 Å². The van der Waals surface area contributed by atoms with Crippen LogP contribution in [0.3, 0.4) is 0 Å². The maximum atomic E-state index is 5.81. The third-order valence-corrected chi connectivity index (χ3v) is 3.36. The minimum Gasteiger partial charge on any atom is -0.496 e. The standard InChI is InChI=1S/C15H23ClO/c1-11(8-9-16)12-6-7-14(17-5)13(10-12)15(2,3)4/h6-7,10-11H,8-9H2,1-5H3. The maximum Gasteiger partial charge on any atom is 0.122 e. The highest BCUT2D eigenvalue weighted by atomic mass is 35.5. The highest BCUT2D eigenvalue weighted by Gasteiger charge is 2.20. The Kier molecular flexibility index (Phi) is 4.88. The van der Waals surface area contributed by atoms with Crippen LogP contribution in [0.4, 0.5) is 0 Å². The molecule has 0 bridgehead atoms. The van der Waals surface area contributed by atoms with Gasteiger partial charge in [0, 0.05) is 5.88 Å². The Morgan fingerprint density at radius 2 is 1.94 bits per heavy atom. The second-order valence-electron chi connectivity index (χ2n) is 5.59. The molecule has 0 aliphatic carbocycles. The quantitative estimate of drug-likeness (QED) is 0.706. The fraction of sp³-hybridized carbons (Fsp3) is 0.600. The molecule has 0 aliphatic heterocycles. The van der Waals surface area contributed by atoms with Crippen molar-refractivity contribution in [2.75, 3.05) is 13.0 Å². The van der Waals surface area contributed by atoms with Crippen molar-refractivity contribution >= 4 is 11.6 Å². The monoisotopic (exact) mass is 254 g/mol. The largest absolute Gasteiger partial charge is 0.496 e. The summed E-state index contributed by atoms with van der Waals surface area (Å²) in [4.78, 5) is 0. The van der Waals surface area contributed by atoms with Crippen molar-refractivity contribution in [2.45, 2.75) is 45.4 Å². The zero-order valence-corrected chi connectivity index (χ0v) is 12.3. The van der Waals surface area contributed by atoms with Crippen LogP contribution in [0.25, 0.3) is 0 Å². The molecule has 1 nitrogen and oxygen atoms in total. The van der Waals surface area contributed by atoms with Gasteiger partial charge in [0.15, 0.2) is 0 Å². The molecule has 0 fully saturated rings. The average molecular weight is 255 g/mol. The average Bonchev–Trinajstić information content (AvgIpc) is 2.27. The van der Waals surface area contributed by atoms with Gasteiger partial charge in [0.1, 0.15) is 5.75 Å². The lowest BCUT2D eigenvalue weighted by atomic mass is 9.83. The predicted molar refractivity (Wildman–Crippen MR) is 75.4 cm³/mol. The molecule has 0 spiro atoms. The SMILES string of the molecule is COc1ccc(C(C)CCCl)cc1C(C)(C)C. The summed E-state index contributed by atoms with van der Waals surface area (Å²) < 4.78 is 5.44. The third kappa shape index (κ3) is 3.64. The zero-order chi connectivity index (χ0) is 13.1. The summed E-state index contributed by atoms with van der Waals surface area (Å²) in [5.74, 6) is 2.18. The molecule has 0 amide bonds. The van der Waals surface area contributed by atoms with E-state index in [0.29, 0.717) is 11.8 Å². The zero-order valence-electron chi connectivity index (χ0n) is 11.5. The molecule has 0 N–H and O–H groups in total. The van der Waals surface area contributed by atoms with Gasteiger partial charge in [-0.1, -0.05) is 39.8 Å². The topological polar surface area (TPSA) is 9.23 Å². The van der Waals surface area contributed by atoms with Crippen molar-refractivity contribution < 1.29 is 4.74 Å². The smallest absolute Gasteiger partial charge is 0.122 e. The summed E-state index contributed by atoms with van der Waals surface area (Å²) in [6.45, 7) is 8.85. The van der Waals surface area contributed by atoms with E-state index < -0.39 is 0 Å². The van der Waals surface area contributed by atoms with Crippen molar-refractivity contribution in [3.8, 4) is 5.75 Å². The van der Waals surface area contributed by atoms with Gasteiger partial charge in [-0.05, 0) is 34.9 Å². The second kappa shape index (κ2) is 5.77. The fourth-order valence-corrected chi connectivity index (χ4v) is 2.28. The van der Waals surface area contributed by atoms with Crippen LogP contribution in [0, 0.1) is 0 Å². The van der Waals surface area contributed by atoms with E-state index in [-0.39, 0.29) is 5.41 Å². The second-order valence-corrected chi connectivity index (χ2v) is 5.97. The lowest BCUT2D eigenvalue weighted by Gasteiger charge is -2.24. The van der Waals surface area contributed by atoms with Crippen LogP contribution in [0.2, 0.25) is 0 Å².